The smallest absolute Gasteiger partial charge is 0.334 e. The van der Waals surface area contributed by atoms with Gasteiger partial charge in [-0.2, -0.15) is 0 Å². The van der Waals surface area contributed by atoms with E-state index in [4.69, 9.17) is 28.1 Å². The number of unbranched alkanes of at least 4 members (excludes halogenated alkanes) is 7. The Bertz CT molecular complexity index is 1270. The number of hydrogen-bond donors (Lipinski definition) is 0. The molecule has 4 unspecified atom stereocenters. The van der Waals surface area contributed by atoms with Gasteiger partial charge in [0.25, 0.3) is 0 Å². The van der Waals surface area contributed by atoms with Gasteiger partial charge in [0.1, 0.15) is 12.9 Å². The molecule has 0 aromatic rings. The van der Waals surface area contributed by atoms with Crippen LogP contribution in [0.15, 0.2) is 11.6 Å². The van der Waals surface area contributed by atoms with Gasteiger partial charge in [0, 0.05) is 50.4 Å². The summed E-state index contributed by atoms with van der Waals surface area (Å²) in [4.78, 5) is 12.1. The summed E-state index contributed by atoms with van der Waals surface area (Å²) in [5.41, 5.74) is 0.651. The molecule has 2 saturated heterocycles. The van der Waals surface area contributed by atoms with Crippen molar-refractivity contribution in [1.82, 2.24) is 0 Å². The van der Waals surface area contributed by atoms with Gasteiger partial charge in [0.15, 0.2) is 8.32 Å². The maximum Gasteiger partial charge on any atom is 0.334 e. The predicted octanol–water partition coefficient (Wildman–Crippen LogP) is 11.5. The van der Waals surface area contributed by atoms with Crippen LogP contribution in [0.4, 0.5) is 0 Å². The summed E-state index contributed by atoms with van der Waals surface area (Å²) in [6.45, 7) is 20.4. The molecule has 3 heterocycles. The number of carbonyl (C=O) groups excluding carboxylic acids is 1. The van der Waals surface area contributed by atoms with Crippen molar-refractivity contribution >= 4 is 14.3 Å². The second kappa shape index (κ2) is 25.0. The molecule has 3 aliphatic rings. The highest BCUT2D eigenvalue weighted by atomic mass is 28.4. The standard InChI is InChI=1S/C47H80O7Si/c1-11-12-13-14-15-16-17-19-24-36(2)42-29-31-44(52-42)45-32-30-43(53-45)37(3)25-22-23-27-40(54-55(9,10)47(5,6)7)26-20-18-21-28-41(50-35-49-8)34-39-33-38(4)51-46(39)48/h33,36-38,40-45H,11-17,19-20,23-24,26-32,34-35H2,1-10H3/t36-,37?,38+,40?,41?,42?,43-,44-,45-/m1/s1. The Morgan fingerprint density at radius 1 is 0.836 bits per heavy atom. The fourth-order valence-electron chi connectivity index (χ4n) is 7.80. The average Bonchev–Trinajstić information content (AvgIpc) is 3.89. The van der Waals surface area contributed by atoms with E-state index in [0.717, 1.165) is 44.9 Å². The van der Waals surface area contributed by atoms with Crippen molar-refractivity contribution in [2.75, 3.05) is 13.9 Å². The van der Waals surface area contributed by atoms with E-state index in [9.17, 15) is 4.79 Å². The summed E-state index contributed by atoms with van der Waals surface area (Å²) in [6, 6.07) is 0. The van der Waals surface area contributed by atoms with E-state index in [-0.39, 0.29) is 60.3 Å². The molecule has 7 nitrogen and oxygen atoms in total. The molecule has 0 saturated carbocycles. The van der Waals surface area contributed by atoms with Gasteiger partial charge in [-0.25, -0.2) is 4.79 Å². The van der Waals surface area contributed by atoms with Crippen LogP contribution in [-0.4, -0.2) is 70.9 Å². The Labute approximate surface area is 338 Å². The Hall–Kier alpha value is -1.65. The highest BCUT2D eigenvalue weighted by Crippen LogP contribution is 2.39. The molecular formula is C47H80O7Si. The number of methoxy groups -OCH3 is 1. The number of hydrogen-bond acceptors (Lipinski definition) is 7. The normalized spacial score (nSPS) is 25.0. The van der Waals surface area contributed by atoms with Gasteiger partial charge in [-0.05, 0) is 88.9 Å². The highest BCUT2D eigenvalue weighted by Gasteiger charge is 2.40. The summed E-state index contributed by atoms with van der Waals surface area (Å²) in [5, 5.41) is 0.126. The monoisotopic (exact) mass is 785 g/mol. The van der Waals surface area contributed by atoms with Crippen LogP contribution in [0.2, 0.25) is 18.1 Å². The van der Waals surface area contributed by atoms with Crippen LogP contribution in [0.3, 0.4) is 0 Å². The number of ether oxygens (including phenoxy) is 5. The summed E-state index contributed by atoms with van der Waals surface area (Å²) >= 11 is 0. The molecule has 0 aromatic heterocycles. The Morgan fingerprint density at radius 3 is 2.07 bits per heavy atom. The minimum absolute atomic E-state index is 0.109. The minimum atomic E-state index is -1.97. The van der Waals surface area contributed by atoms with Crippen LogP contribution in [0, 0.1) is 35.5 Å². The Morgan fingerprint density at radius 2 is 1.45 bits per heavy atom. The third-order valence-corrected chi connectivity index (χ3v) is 16.9. The Balaban J connectivity index is 1.43. The van der Waals surface area contributed by atoms with E-state index in [1.807, 2.05) is 13.0 Å². The molecule has 0 aromatic carbocycles. The molecular weight excluding hydrogens is 705 g/mol. The minimum Gasteiger partial charge on any atom is -0.455 e. The third kappa shape index (κ3) is 17.4. The summed E-state index contributed by atoms with van der Waals surface area (Å²) in [7, 11) is -0.370. The van der Waals surface area contributed by atoms with Crippen molar-refractivity contribution < 1.29 is 32.9 Å². The first-order chi connectivity index (χ1) is 26.2. The van der Waals surface area contributed by atoms with E-state index >= 15 is 0 Å². The fourth-order valence-corrected chi connectivity index (χ4v) is 9.22. The topological polar surface area (TPSA) is 72.5 Å². The third-order valence-electron chi connectivity index (χ3n) is 12.4. The molecule has 55 heavy (non-hydrogen) atoms. The molecule has 8 heteroatoms. The summed E-state index contributed by atoms with van der Waals surface area (Å²) in [6.07, 6.45) is 23.6. The first-order valence-electron chi connectivity index (χ1n) is 22.2. The van der Waals surface area contributed by atoms with Crippen LogP contribution in [0.25, 0.3) is 0 Å². The van der Waals surface area contributed by atoms with Gasteiger partial charge in [0.2, 0.25) is 0 Å². The van der Waals surface area contributed by atoms with E-state index in [2.05, 4.69) is 78.3 Å². The molecule has 3 rings (SSSR count). The van der Waals surface area contributed by atoms with Crippen molar-refractivity contribution in [2.45, 2.75) is 231 Å². The maximum atomic E-state index is 12.1. The van der Waals surface area contributed by atoms with Gasteiger partial charge in [-0.15, -0.1) is 17.8 Å². The molecule has 0 N–H and O–H groups in total. The van der Waals surface area contributed by atoms with Crippen LogP contribution in [0.1, 0.15) is 170 Å². The summed E-state index contributed by atoms with van der Waals surface area (Å²) in [5.74, 6) is 14.3. The highest BCUT2D eigenvalue weighted by molar-refractivity contribution is 6.74. The van der Waals surface area contributed by atoms with E-state index in [0.29, 0.717) is 30.4 Å². The van der Waals surface area contributed by atoms with Crippen molar-refractivity contribution in [3.05, 3.63) is 11.6 Å². The Kier molecular flexibility index (Phi) is 21.7. The number of cyclic esters (lactones) is 1. The molecule has 0 radical (unpaired) electrons. The van der Waals surface area contributed by atoms with Crippen LogP contribution in [-0.2, 0) is 32.9 Å². The van der Waals surface area contributed by atoms with Gasteiger partial charge in [-0.3, -0.25) is 0 Å². The lowest BCUT2D eigenvalue weighted by Gasteiger charge is -2.39. The quantitative estimate of drug-likeness (QED) is 0.0317. The lowest BCUT2D eigenvalue weighted by molar-refractivity contribution is -0.139. The fraction of sp³-hybridized carbons (Fsp3) is 0.851. The largest absolute Gasteiger partial charge is 0.455 e. The maximum absolute atomic E-state index is 12.1. The molecule has 0 amide bonds. The van der Waals surface area contributed by atoms with Crippen molar-refractivity contribution in [1.29, 1.82) is 0 Å². The van der Waals surface area contributed by atoms with E-state index in [1.54, 1.807) is 7.11 Å². The molecule has 0 bridgehead atoms. The first kappa shape index (κ1) is 47.7. The average molecular weight is 785 g/mol. The van der Waals surface area contributed by atoms with Crippen LogP contribution < -0.4 is 0 Å². The zero-order chi connectivity index (χ0) is 40.3. The number of esters is 1. The van der Waals surface area contributed by atoms with Crippen LogP contribution in [0.5, 0.6) is 0 Å². The molecule has 3 aliphatic heterocycles. The molecule has 9 atom stereocenters. The van der Waals surface area contributed by atoms with Gasteiger partial charge >= 0.3 is 5.97 Å². The van der Waals surface area contributed by atoms with E-state index in [1.165, 1.54) is 64.2 Å². The number of rotatable bonds is 24. The zero-order valence-electron chi connectivity index (χ0n) is 36.8. The van der Waals surface area contributed by atoms with Crippen molar-refractivity contribution in [3.63, 3.8) is 0 Å². The van der Waals surface area contributed by atoms with Crippen molar-refractivity contribution in [3.8, 4) is 23.7 Å². The lowest BCUT2D eigenvalue weighted by atomic mass is 9.94. The molecule has 0 spiro atoms. The summed E-state index contributed by atoms with van der Waals surface area (Å²) < 4.78 is 36.4. The van der Waals surface area contributed by atoms with Gasteiger partial charge < -0.3 is 28.1 Å². The molecule has 2 fully saturated rings. The molecule has 314 valence electrons. The SMILES string of the molecule is CCCCCCCCCC[C@@H](C)C1CC[C@H]([C@H]2CC[C@H](C(C)C#CCCC(CCC#CCC(CC3=C[C@H](C)OC3=O)OCOC)O[Si](C)(C)C(C)(C)C)O2)O1. The first-order valence-corrected chi connectivity index (χ1v) is 25.1. The zero-order valence-corrected chi connectivity index (χ0v) is 37.8. The van der Waals surface area contributed by atoms with E-state index < -0.39 is 8.32 Å². The van der Waals surface area contributed by atoms with Crippen LogP contribution >= 0.6 is 0 Å². The second-order valence-corrected chi connectivity index (χ2v) is 23.0. The predicted molar refractivity (Wildman–Crippen MR) is 227 cm³/mol. The van der Waals surface area contributed by atoms with Gasteiger partial charge in [0.05, 0.1) is 30.5 Å². The van der Waals surface area contributed by atoms with Gasteiger partial charge in [-0.1, -0.05) is 91.9 Å². The van der Waals surface area contributed by atoms with Crippen molar-refractivity contribution in [2.24, 2.45) is 11.8 Å². The molecule has 0 aliphatic carbocycles. The lowest BCUT2D eigenvalue weighted by Crippen LogP contribution is -2.43. The number of carbonyl (C=O) groups is 1. The second-order valence-electron chi connectivity index (χ2n) is 18.3.